The SMILES string of the molecule is CC(C)(C)c1ccc(N(c2ccc(C(C)(C)C(C)(C)c3cccc(-c4ccccc4)c3)cc2)c2ccccc2-c2ccccc2)cc1. The van der Waals surface area contributed by atoms with Gasteiger partial charge in [-0.25, -0.2) is 0 Å². The van der Waals surface area contributed by atoms with Crippen LogP contribution in [0.2, 0.25) is 0 Å². The van der Waals surface area contributed by atoms with Crippen LogP contribution in [0.25, 0.3) is 22.3 Å². The average Bonchev–Trinajstić information content (AvgIpc) is 3.09. The van der Waals surface area contributed by atoms with E-state index in [0.29, 0.717) is 0 Å². The summed E-state index contributed by atoms with van der Waals surface area (Å²) in [5.41, 5.74) is 12.2. The fourth-order valence-electron chi connectivity index (χ4n) is 6.54. The molecule has 1 heteroatoms. The highest BCUT2D eigenvalue weighted by Gasteiger charge is 2.40. The van der Waals surface area contributed by atoms with Gasteiger partial charge in [0.05, 0.1) is 5.69 Å². The zero-order chi connectivity index (χ0) is 33.2. The van der Waals surface area contributed by atoms with Crippen molar-refractivity contribution < 1.29 is 0 Å². The van der Waals surface area contributed by atoms with Crippen LogP contribution < -0.4 is 4.90 Å². The third-order valence-electron chi connectivity index (χ3n) is 10.3. The Morgan fingerprint density at radius 2 is 0.830 bits per heavy atom. The van der Waals surface area contributed by atoms with Gasteiger partial charge in [0.25, 0.3) is 0 Å². The van der Waals surface area contributed by atoms with Crippen LogP contribution in [0.3, 0.4) is 0 Å². The Morgan fingerprint density at radius 1 is 0.362 bits per heavy atom. The normalized spacial score (nSPS) is 12.1. The van der Waals surface area contributed by atoms with Crippen molar-refractivity contribution in [1.82, 2.24) is 0 Å². The minimum absolute atomic E-state index is 0.0892. The molecule has 47 heavy (non-hydrogen) atoms. The number of hydrogen-bond acceptors (Lipinski definition) is 1. The number of hydrogen-bond donors (Lipinski definition) is 0. The van der Waals surface area contributed by atoms with Gasteiger partial charge in [0, 0.05) is 16.9 Å². The van der Waals surface area contributed by atoms with Crippen LogP contribution in [0.1, 0.15) is 65.2 Å². The molecular weight excluding hydrogens is 567 g/mol. The predicted molar refractivity (Wildman–Crippen MR) is 203 cm³/mol. The molecule has 6 rings (SSSR count). The van der Waals surface area contributed by atoms with Gasteiger partial charge in [0.2, 0.25) is 0 Å². The molecule has 0 amide bonds. The van der Waals surface area contributed by atoms with E-state index in [2.05, 4.69) is 211 Å². The van der Waals surface area contributed by atoms with E-state index in [9.17, 15) is 0 Å². The standard InChI is InChI=1S/C46H47N/c1-44(2,3)37-25-29-40(30-26-37)47(43-24-15-14-23-42(43)35-19-12-9-13-20-35)41-31-27-38(28-32-41)45(4,5)46(6,7)39-22-16-21-36(33-39)34-17-10-8-11-18-34/h8-33H,1-7H3. The number of nitrogens with zero attached hydrogens (tertiary/aromatic N) is 1. The number of anilines is 3. The zero-order valence-corrected chi connectivity index (χ0v) is 29.0. The lowest BCUT2D eigenvalue weighted by Crippen LogP contribution is -2.40. The molecule has 0 aliphatic rings. The molecule has 0 aliphatic carbocycles. The third kappa shape index (κ3) is 6.41. The van der Waals surface area contributed by atoms with Crippen LogP contribution in [0.15, 0.2) is 158 Å². The highest BCUT2D eigenvalue weighted by atomic mass is 15.1. The van der Waals surface area contributed by atoms with E-state index in [4.69, 9.17) is 0 Å². The highest BCUT2D eigenvalue weighted by molar-refractivity contribution is 5.88. The predicted octanol–water partition coefficient (Wildman–Crippen LogP) is 13.0. The van der Waals surface area contributed by atoms with Crippen LogP contribution in [-0.4, -0.2) is 0 Å². The minimum atomic E-state index is -0.137. The summed E-state index contributed by atoms with van der Waals surface area (Å²) in [7, 11) is 0. The largest absolute Gasteiger partial charge is 0.310 e. The molecule has 6 aromatic carbocycles. The molecule has 236 valence electrons. The second kappa shape index (κ2) is 12.7. The van der Waals surface area contributed by atoms with E-state index in [1.165, 1.54) is 38.9 Å². The highest BCUT2D eigenvalue weighted by Crippen LogP contribution is 2.46. The second-order valence-electron chi connectivity index (χ2n) is 14.8. The first-order valence-corrected chi connectivity index (χ1v) is 16.8. The quantitative estimate of drug-likeness (QED) is 0.165. The summed E-state index contributed by atoms with van der Waals surface area (Å²) in [5, 5.41) is 0. The second-order valence-corrected chi connectivity index (χ2v) is 14.8. The van der Waals surface area contributed by atoms with Crippen molar-refractivity contribution in [2.75, 3.05) is 4.90 Å². The lowest BCUT2D eigenvalue weighted by atomic mass is 9.61. The summed E-state index contributed by atoms with van der Waals surface area (Å²) >= 11 is 0. The van der Waals surface area contributed by atoms with Crippen molar-refractivity contribution in [3.05, 3.63) is 174 Å². The topological polar surface area (TPSA) is 3.24 Å². The molecule has 0 saturated heterocycles. The Kier molecular flexibility index (Phi) is 8.68. The van der Waals surface area contributed by atoms with Crippen LogP contribution in [0.5, 0.6) is 0 Å². The number of rotatable bonds is 8. The summed E-state index contributed by atoms with van der Waals surface area (Å²) < 4.78 is 0. The fourth-order valence-corrected chi connectivity index (χ4v) is 6.54. The summed E-state index contributed by atoms with van der Waals surface area (Å²) in [5.74, 6) is 0. The monoisotopic (exact) mass is 613 g/mol. The summed E-state index contributed by atoms with van der Waals surface area (Å²) in [6, 6.07) is 57.5. The maximum absolute atomic E-state index is 2.40. The molecule has 6 aromatic rings. The van der Waals surface area contributed by atoms with Crippen molar-refractivity contribution >= 4 is 17.1 Å². The smallest absolute Gasteiger partial charge is 0.0540 e. The molecule has 0 heterocycles. The van der Waals surface area contributed by atoms with Gasteiger partial charge < -0.3 is 4.90 Å². The van der Waals surface area contributed by atoms with E-state index in [1.807, 2.05) is 0 Å². The summed E-state index contributed by atoms with van der Waals surface area (Å²) in [6.07, 6.45) is 0. The van der Waals surface area contributed by atoms with Gasteiger partial charge in [-0.2, -0.15) is 0 Å². The van der Waals surface area contributed by atoms with Crippen LogP contribution in [-0.2, 0) is 16.2 Å². The lowest BCUT2D eigenvalue weighted by Gasteiger charge is -2.43. The molecule has 0 spiro atoms. The van der Waals surface area contributed by atoms with E-state index >= 15 is 0 Å². The van der Waals surface area contributed by atoms with Gasteiger partial charge in [-0.1, -0.05) is 176 Å². The molecule has 0 saturated carbocycles. The molecule has 0 N–H and O–H groups in total. The molecule has 0 atom stereocenters. The van der Waals surface area contributed by atoms with Crippen molar-refractivity contribution in [3.63, 3.8) is 0 Å². The minimum Gasteiger partial charge on any atom is -0.310 e. The summed E-state index contributed by atoms with van der Waals surface area (Å²) in [6.45, 7) is 16.3. The molecule has 0 aliphatic heterocycles. The van der Waals surface area contributed by atoms with Gasteiger partial charge >= 0.3 is 0 Å². The molecule has 0 bridgehead atoms. The van der Waals surface area contributed by atoms with E-state index < -0.39 is 0 Å². The first-order chi connectivity index (χ1) is 22.5. The van der Waals surface area contributed by atoms with Gasteiger partial charge in [-0.15, -0.1) is 0 Å². The van der Waals surface area contributed by atoms with Gasteiger partial charge in [-0.05, 0) is 80.0 Å². The Balaban J connectivity index is 1.41. The van der Waals surface area contributed by atoms with Gasteiger partial charge in [-0.3, -0.25) is 0 Å². The maximum atomic E-state index is 2.40. The van der Waals surface area contributed by atoms with Crippen molar-refractivity contribution in [3.8, 4) is 22.3 Å². The molecular formula is C46H47N. The van der Waals surface area contributed by atoms with Crippen molar-refractivity contribution in [2.45, 2.75) is 64.7 Å². The Hall–Kier alpha value is -4.88. The maximum Gasteiger partial charge on any atom is 0.0540 e. The number of benzene rings is 6. The molecule has 1 nitrogen and oxygen atoms in total. The van der Waals surface area contributed by atoms with Crippen molar-refractivity contribution in [2.24, 2.45) is 0 Å². The van der Waals surface area contributed by atoms with E-state index in [-0.39, 0.29) is 16.2 Å². The fraction of sp³-hybridized carbons (Fsp3) is 0.217. The Labute approximate surface area is 282 Å². The molecule has 0 radical (unpaired) electrons. The molecule has 0 unspecified atom stereocenters. The zero-order valence-electron chi connectivity index (χ0n) is 29.0. The van der Waals surface area contributed by atoms with Crippen LogP contribution in [0, 0.1) is 0 Å². The van der Waals surface area contributed by atoms with Gasteiger partial charge in [0.15, 0.2) is 0 Å². The third-order valence-corrected chi connectivity index (χ3v) is 10.3. The molecule has 0 aromatic heterocycles. The molecule has 0 fully saturated rings. The van der Waals surface area contributed by atoms with E-state index in [1.54, 1.807) is 0 Å². The first kappa shape index (κ1) is 32.1. The summed E-state index contributed by atoms with van der Waals surface area (Å²) in [4.78, 5) is 2.40. The van der Waals surface area contributed by atoms with Crippen LogP contribution in [0.4, 0.5) is 17.1 Å². The first-order valence-electron chi connectivity index (χ1n) is 16.8. The van der Waals surface area contributed by atoms with E-state index in [0.717, 1.165) is 17.1 Å². The average molecular weight is 614 g/mol. The van der Waals surface area contributed by atoms with Crippen molar-refractivity contribution in [1.29, 1.82) is 0 Å². The van der Waals surface area contributed by atoms with Gasteiger partial charge in [0.1, 0.15) is 0 Å². The Morgan fingerprint density at radius 3 is 1.40 bits per heavy atom. The van der Waals surface area contributed by atoms with Crippen LogP contribution >= 0.6 is 0 Å². The Bertz CT molecular complexity index is 1920. The number of para-hydroxylation sites is 1. The lowest BCUT2D eigenvalue weighted by molar-refractivity contribution is 0.303.